The molecular formula is C17H24N2O3. The number of nitrogens with zero attached hydrogens (tertiary/aromatic N) is 2. The lowest BCUT2D eigenvalue weighted by Crippen LogP contribution is -2.54. The van der Waals surface area contributed by atoms with Crippen molar-refractivity contribution < 1.29 is 14.2 Å². The van der Waals surface area contributed by atoms with Gasteiger partial charge < -0.3 is 14.2 Å². The number of hydrogen-bond donors (Lipinski definition) is 0. The Morgan fingerprint density at radius 1 is 1.45 bits per heavy atom. The molecule has 1 atom stereocenters. The molecule has 5 heteroatoms. The Kier molecular flexibility index (Phi) is 5.78. The Balaban J connectivity index is 1.83. The Labute approximate surface area is 132 Å². The molecule has 0 aliphatic carbocycles. The monoisotopic (exact) mass is 304 g/mol. The van der Waals surface area contributed by atoms with Crippen molar-refractivity contribution in [1.29, 1.82) is 5.26 Å². The van der Waals surface area contributed by atoms with Crippen molar-refractivity contribution in [2.75, 3.05) is 40.0 Å². The molecule has 0 spiro atoms. The highest BCUT2D eigenvalue weighted by molar-refractivity contribution is 5.36. The van der Waals surface area contributed by atoms with E-state index >= 15 is 0 Å². The molecule has 0 saturated carbocycles. The van der Waals surface area contributed by atoms with Gasteiger partial charge in [-0.05, 0) is 32.0 Å². The van der Waals surface area contributed by atoms with Gasteiger partial charge in [0.1, 0.15) is 12.4 Å². The van der Waals surface area contributed by atoms with E-state index in [4.69, 9.17) is 19.5 Å². The first-order valence-electron chi connectivity index (χ1n) is 7.54. The van der Waals surface area contributed by atoms with Gasteiger partial charge in [0.2, 0.25) is 0 Å². The van der Waals surface area contributed by atoms with Crippen molar-refractivity contribution in [3.8, 4) is 11.8 Å². The predicted octanol–water partition coefficient (Wildman–Crippen LogP) is 2.06. The molecule has 1 aliphatic heterocycles. The van der Waals surface area contributed by atoms with Gasteiger partial charge in [0.05, 0.1) is 29.9 Å². The minimum atomic E-state index is -0.178. The number of methoxy groups -OCH3 is 1. The van der Waals surface area contributed by atoms with Crippen LogP contribution in [0.3, 0.4) is 0 Å². The fraction of sp³-hybridized carbons (Fsp3) is 0.588. The lowest BCUT2D eigenvalue weighted by molar-refractivity contribution is -0.153. The molecule has 1 saturated heterocycles. The third-order valence-corrected chi connectivity index (χ3v) is 3.54. The number of hydrogen-bond acceptors (Lipinski definition) is 5. The molecule has 1 aromatic carbocycles. The highest BCUT2D eigenvalue weighted by atomic mass is 16.5. The molecule has 0 bridgehead atoms. The lowest BCUT2D eigenvalue weighted by atomic mass is 10.1. The molecule has 1 unspecified atom stereocenters. The molecule has 5 nitrogen and oxygen atoms in total. The van der Waals surface area contributed by atoms with Crippen LogP contribution < -0.4 is 4.74 Å². The van der Waals surface area contributed by atoms with Gasteiger partial charge in [-0.2, -0.15) is 5.26 Å². The summed E-state index contributed by atoms with van der Waals surface area (Å²) in [5.41, 5.74) is 0.437. The molecule has 0 aromatic heterocycles. The van der Waals surface area contributed by atoms with Gasteiger partial charge in [0.25, 0.3) is 0 Å². The van der Waals surface area contributed by atoms with Crippen molar-refractivity contribution in [3.63, 3.8) is 0 Å². The standard InChI is InChI=1S/C17H24N2O3/c1-17(2)13-19(11-16(22-17)12-20-3)7-8-21-15-6-4-5-14(9-15)10-18/h4-6,9,16H,7-8,11-13H2,1-3H3. The number of nitriles is 1. The quantitative estimate of drug-likeness (QED) is 0.805. The third-order valence-electron chi connectivity index (χ3n) is 3.54. The Morgan fingerprint density at radius 2 is 2.27 bits per heavy atom. The van der Waals surface area contributed by atoms with Crippen molar-refractivity contribution >= 4 is 0 Å². The van der Waals surface area contributed by atoms with Gasteiger partial charge in [-0.1, -0.05) is 6.07 Å². The summed E-state index contributed by atoms with van der Waals surface area (Å²) in [6.07, 6.45) is 0.0932. The van der Waals surface area contributed by atoms with E-state index in [0.717, 1.165) is 25.4 Å². The number of ether oxygens (including phenoxy) is 3. The average Bonchev–Trinajstić information content (AvgIpc) is 2.46. The summed E-state index contributed by atoms with van der Waals surface area (Å²) in [4.78, 5) is 2.33. The minimum Gasteiger partial charge on any atom is -0.492 e. The highest BCUT2D eigenvalue weighted by Crippen LogP contribution is 2.21. The van der Waals surface area contributed by atoms with Gasteiger partial charge in [-0.15, -0.1) is 0 Å². The molecule has 2 rings (SSSR count). The number of benzene rings is 1. The summed E-state index contributed by atoms with van der Waals surface area (Å²) in [6.45, 7) is 7.92. The van der Waals surface area contributed by atoms with E-state index in [0.29, 0.717) is 18.8 Å². The zero-order valence-electron chi connectivity index (χ0n) is 13.5. The van der Waals surface area contributed by atoms with Crippen LogP contribution in [-0.2, 0) is 9.47 Å². The maximum Gasteiger partial charge on any atom is 0.120 e. The van der Waals surface area contributed by atoms with E-state index < -0.39 is 0 Å². The van der Waals surface area contributed by atoms with E-state index in [1.165, 1.54) is 0 Å². The maximum absolute atomic E-state index is 8.89. The third kappa shape index (κ3) is 4.99. The smallest absolute Gasteiger partial charge is 0.120 e. The zero-order chi connectivity index (χ0) is 16.0. The average molecular weight is 304 g/mol. The SMILES string of the molecule is COCC1CN(CCOc2cccc(C#N)c2)CC(C)(C)O1. The maximum atomic E-state index is 8.89. The van der Waals surface area contributed by atoms with Gasteiger partial charge in [0.15, 0.2) is 0 Å². The summed E-state index contributed by atoms with van der Waals surface area (Å²) in [5.74, 6) is 0.736. The Bertz CT molecular complexity index is 525. The van der Waals surface area contributed by atoms with Crippen LogP contribution in [0.5, 0.6) is 5.75 Å². The summed E-state index contributed by atoms with van der Waals surface area (Å²) in [7, 11) is 1.70. The fourth-order valence-electron chi connectivity index (χ4n) is 2.81. The molecule has 0 amide bonds. The second-order valence-electron chi connectivity index (χ2n) is 6.18. The summed E-state index contributed by atoms with van der Waals surface area (Å²) in [6, 6.07) is 9.35. The largest absolute Gasteiger partial charge is 0.492 e. The van der Waals surface area contributed by atoms with Crippen LogP contribution in [0, 0.1) is 11.3 Å². The topological polar surface area (TPSA) is 54.7 Å². The van der Waals surface area contributed by atoms with Crippen molar-refractivity contribution in [2.45, 2.75) is 25.6 Å². The van der Waals surface area contributed by atoms with E-state index in [1.54, 1.807) is 19.2 Å². The van der Waals surface area contributed by atoms with Crippen LogP contribution in [0.1, 0.15) is 19.4 Å². The van der Waals surface area contributed by atoms with Gasteiger partial charge in [-0.25, -0.2) is 0 Å². The zero-order valence-corrected chi connectivity index (χ0v) is 13.5. The van der Waals surface area contributed by atoms with Crippen LogP contribution in [-0.4, -0.2) is 56.6 Å². The first-order valence-corrected chi connectivity index (χ1v) is 7.54. The van der Waals surface area contributed by atoms with Crippen LogP contribution in [0.2, 0.25) is 0 Å². The summed E-state index contributed by atoms with van der Waals surface area (Å²) in [5, 5.41) is 8.89. The summed E-state index contributed by atoms with van der Waals surface area (Å²) >= 11 is 0. The normalized spacial score (nSPS) is 21.3. The van der Waals surface area contributed by atoms with Gasteiger partial charge in [0, 0.05) is 26.7 Å². The van der Waals surface area contributed by atoms with Crippen LogP contribution in [0.4, 0.5) is 0 Å². The molecule has 1 aliphatic rings. The first-order chi connectivity index (χ1) is 10.5. The van der Waals surface area contributed by atoms with E-state index in [9.17, 15) is 0 Å². The van der Waals surface area contributed by atoms with E-state index in [2.05, 4.69) is 24.8 Å². The molecule has 120 valence electrons. The van der Waals surface area contributed by atoms with E-state index in [1.807, 2.05) is 12.1 Å². The second kappa shape index (κ2) is 7.59. The van der Waals surface area contributed by atoms with Gasteiger partial charge in [-0.3, -0.25) is 4.90 Å². The molecular weight excluding hydrogens is 280 g/mol. The number of rotatable bonds is 6. The van der Waals surface area contributed by atoms with Crippen LogP contribution in [0.25, 0.3) is 0 Å². The van der Waals surface area contributed by atoms with Crippen molar-refractivity contribution in [1.82, 2.24) is 4.90 Å². The van der Waals surface area contributed by atoms with Gasteiger partial charge >= 0.3 is 0 Å². The van der Waals surface area contributed by atoms with Crippen LogP contribution in [0.15, 0.2) is 24.3 Å². The Hall–Kier alpha value is -1.61. The molecule has 1 fully saturated rings. The first kappa shape index (κ1) is 16.8. The lowest BCUT2D eigenvalue weighted by Gasteiger charge is -2.42. The molecule has 0 N–H and O–H groups in total. The fourth-order valence-corrected chi connectivity index (χ4v) is 2.81. The summed E-state index contributed by atoms with van der Waals surface area (Å²) < 4.78 is 17.0. The molecule has 1 aromatic rings. The van der Waals surface area contributed by atoms with Crippen LogP contribution >= 0.6 is 0 Å². The molecule has 0 radical (unpaired) electrons. The number of morpholine rings is 1. The highest BCUT2D eigenvalue weighted by Gasteiger charge is 2.33. The molecule has 22 heavy (non-hydrogen) atoms. The van der Waals surface area contributed by atoms with Crippen molar-refractivity contribution in [3.05, 3.63) is 29.8 Å². The van der Waals surface area contributed by atoms with E-state index in [-0.39, 0.29) is 11.7 Å². The minimum absolute atomic E-state index is 0.0932. The Morgan fingerprint density at radius 3 is 3.00 bits per heavy atom. The predicted molar refractivity (Wildman–Crippen MR) is 83.9 cm³/mol. The molecule has 1 heterocycles. The second-order valence-corrected chi connectivity index (χ2v) is 6.18. The van der Waals surface area contributed by atoms with Crippen molar-refractivity contribution in [2.24, 2.45) is 0 Å².